The summed E-state index contributed by atoms with van der Waals surface area (Å²) in [6.45, 7) is 21.4. The van der Waals surface area contributed by atoms with Crippen LogP contribution in [0.3, 0.4) is 0 Å². The number of hydrogen-bond donors (Lipinski definition) is 1. The summed E-state index contributed by atoms with van der Waals surface area (Å²) in [7, 11) is 0. The van der Waals surface area contributed by atoms with Gasteiger partial charge in [-0.3, -0.25) is 0 Å². The van der Waals surface area contributed by atoms with Crippen molar-refractivity contribution in [3.05, 3.63) is 52.9 Å². The second kappa shape index (κ2) is 8.17. The second-order valence-electron chi connectivity index (χ2n) is 9.84. The first kappa shape index (κ1) is 22.9. The third kappa shape index (κ3) is 4.80. The summed E-state index contributed by atoms with van der Waals surface area (Å²) in [4.78, 5) is 17.9. The van der Waals surface area contributed by atoms with E-state index in [-0.39, 0.29) is 22.4 Å². The Labute approximate surface area is 176 Å². The molecule has 0 atom stereocenters. The number of benzene rings is 1. The van der Waals surface area contributed by atoms with Gasteiger partial charge in [0.05, 0.1) is 5.57 Å². The number of carboxylic acids is 1. The number of nitrogens with zero attached hydrogens (tertiary/aromatic N) is 2. The molecule has 0 aromatic heterocycles. The Morgan fingerprint density at radius 1 is 1.31 bits per heavy atom. The quantitative estimate of drug-likeness (QED) is 0.474. The van der Waals surface area contributed by atoms with Gasteiger partial charge in [-0.25, -0.2) is 9.79 Å². The van der Waals surface area contributed by atoms with Crippen molar-refractivity contribution >= 4 is 17.9 Å². The maximum Gasteiger partial charge on any atom is 0.336 e. The number of carbonyl (C=O) groups is 1. The van der Waals surface area contributed by atoms with Gasteiger partial charge in [0, 0.05) is 17.9 Å². The first-order valence-electron chi connectivity index (χ1n) is 10.4. The predicted molar refractivity (Wildman–Crippen MR) is 123 cm³/mol. The number of rotatable bonds is 6. The van der Waals surface area contributed by atoms with E-state index in [9.17, 15) is 9.90 Å². The molecule has 0 saturated carbocycles. The molecule has 0 unspecified atom stereocenters. The number of anilines is 1. The van der Waals surface area contributed by atoms with E-state index in [0.717, 1.165) is 18.5 Å². The van der Waals surface area contributed by atoms with Gasteiger partial charge in [0.1, 0.15) is 5.82 Å². The van der Waals surface area contributed by atoms with Gasteiger partial charge in [-0.05, 0) is 67.2 Å². The summed E-state index contributed by atoms with van der Waals surface area (Å²) in [6.07, 6.45) is 5.07. The van der Waals surface area contributed by atoms with Crippen molar-refractivity contribution in [3.63, 3.8) is 0 Å². The Morgan fingerprint density at radius 3 is 2.41 bits per heavy atom. The molecule has 0 saturated heterocycles. The Morgan fingerprint density at radius 2 is 1.93 bits per heavy atom. The van der Waals surface area contributed by atoms with E-state index in [4.69, 9.17) is 0 Å². The molecular weight excluding hydrogens is 360 g/mol. The van der Waals surface area contributed by atoms with Gasteiger partial charge in [-0.2, -0.15) is 0 Å². The van der Waals surface area contributed by atoms with Crippen molar-refractivity contribution in [2.75, 3.05) is 4.90 Å². The molecule has 2 rings (SSSR count). The molecule has 158 valence electrons. The van der Waals surface area contributed by atoms with Crippen molar-refractivity contribution in [1.82, 2.24) is 0 Å². The van der Waals surface area contributed by atoms with Gasteiger partial charge in [0.2, 0.25) is 0 Å². The van der Waals surface area contributed by atoms with Crippen LogP contribution in [0.1, 0.15) is 78.5 Å². The van der Waals surface area contributed by atoms with Crippen LogP contribution in [-0.4, -0.2) is 23.3 Å². The highest BCUT2D eigenvalue weighted by Crippen LogP contribution is 2.46. The lowest BCUT2D eigenvalue weighted by molar-refractivity contribution is -0.132. The zero-order valence-electron chi connectivity index (χ0n) is 19.3. The highest BCUT2D eigenvalue weighted by atomic mass is 16.4. The van der Waals surface area contributed by atoms with Crippen LogP contribution in [0.15, 0.2) is 41.2 Å². The van der Waals surface area contributed by atoms with Crippen LogP contribution in [-0.2, 0) is 22.0 Å². The molecule has 0 heterocycles. The van der Waals surface area contributed by atoms with E-state index >= 15 is 0 Å². The molecule has 0 amide bonds. The molecule has 4 heteroatoms. The molecule has 1 aromatic rings. The first-order chi connectivity index (χ1) is 13.3. The monoisotopic (exact) mass is 396 g/mol. The number of hydrogen-bond acceptors (Lipinski definition) is 3. The predicted octanol–water partition coefficient (Wildman–Crippen LogP) is 6.00. The maximum absolute atomic E-state index is 11.3. The van der Waals surface area contributed by atoms with Gasteiger partial charge in [0.25, 0.3) is 0 Å². The molecule has 1 aliphatic carbocycles. The van der Waals surface area contributed by atoms with E-state index in [2.05, 4.69) is 77.1 Å². The Balaban J connectivity index is 2.62. The minimum atomic E-state index is -0.988. The van der Waals surface area contributed by atoms with Crippen LogP contribution in [0.4, 0.5) is 5.69 Å². The second-order valence-corrected chi connectivity index (χ2v) is 9.84. The van der Waals surface area contributed by atoms with E-state index in [1.165, 1.54) is 22.9 Å². The van der Waals surface area contributed by atoms with E-state index in [0.29, 0.717) is 5.82 Å². The SMILES string of the molecule is C=C(/N=C\C(=C/C)C(=O)O)N(c1cc(C(C)(C)C)cc2c1CCC2(C)C)C(C)C. The fourth-order valence-corrected chi connectivity index (χ4v) is 3.92. The number of allylic oxidation sites excluding steroid dienone is 1. The molecule has 1 N–H and O–H groups in total. The average molecular weight is 397 g/mol. The van der Waals surface area contributed by atoms with Gasteiger partial charge in [-0.1, -0.05) is 53.3 Å². The minimum Gasteiger partial charge on any atom is -0.478 e. The molecule has 29 heavy (non-hydrogen) atoms. The lowest BCUT2D eigenvalue weighted by Gasteiger charge is -2.33. The molecule has 0 spiro atoms. The summed E-state index contributed by atoms with van der Waals surface area (Å²) in [5.74, 6) is -0.434. The molecular formula is C25H36N2O2. The normalized spacial score (nSPS) is 16.4. The van der Waals surface area contributed by atoms with E-state index in [1.54, 1.807) is 13.0 Å². The molecule has 1 aromatic carbocycles. The number of fused-ring (bicyclic) bond motifs is 1. The van der Waals surface area contributed by atoms with E-state index < -0.39 is 5.97 Å². The molecule has 0 bridgehead atoms. The van der Waals surface area contributed by atoms with Gasteiger partial charge < -0.3 is 10.0 Å². The van der Waals surface area contributed by atoms with Gasteiger partial charge >= 0.3 is 5.97 Å². The number of aliphatic carboxylic acids is 1. The summed E-state index contributed by atoms with van der Waals surface area (Å²) in [5.41, 5.74) is 5.53. The molecule has 4 nitrogen and oxygen atoms in total. The number of carboxylic acid groups (broad SMARTS) is 1. The zero-order valence-corrected chi connectivity index (χ0v) is 19.3. The summed E-state index contributed by atoms with van der Waals surface area (Å²) in [5, 5.41) is 9.26. The Kier molecular flexibility index (Phi) is 6.46. The van der Waals surface area contributed by atoms with Gasteiger partial charge in [-0.15, -0.1) is 0 Å². The summed E-state index contributed by atoms with van der Waals surface area (Å²) >= 11 is 0. The highest BCUT2D eigenvalue weighted by Gasteiger charge is 2.35. The van der Waals surface area contributed by atoms with Crippen LogP contribution < -0.4 is 4.90 Å². The molecule has 0 fully saturated rings. The lowest BCUT2D eigenvalue weighted by atomic mass is 9.80. The zero-order chi connectivity index (χ0) is 22.1. The summed E-state index contributed by atoms with van der Waals surface area (Å²) < 4.78 is 0. The van der Waals surface area contributed by atoms with Crippen LogP contribution in [0, 0.1) is 0 Å². The first-order valence-corrected chi connectivity index (χ1v) is 10.4. The van der Waals surface area contributed by atoms with Crippen molar-refractivity contribution in [2.45, 2.75) is 85.1 Å². The van der Waals surface area contributed by atoms with Crippen LogP contribution in [0.25, 0.3) is 0 Å². The fraction of sp³-hybridized carbons (Fsp3) is 0.520. The Bertz CT molecular complexity index is 868. The smallest absolute Gasteiger partial charge is 0.336 e. The van der Waals surface area contributed by atoms with Crippen LogP contribution in [0.2, 0.25) is 0 Å². The third-order valence-corrected chi connectivity index (χ3v) is 5.79. The van der Waals surface area contributed by atoms with Crippen molar-refractivity contribution in [3.8, 4) is 0 Å². The fourth-order valence-electron chi connectivity index (χ4n) is 3.92. The highest BCUT2D eigenvalue weighted by molar-refractivity contribution is 6.08. The third-order valence-electron chi connectivity index (χ3n) is 5.79. The Hall–Kier alpha value is -2.36. The minimum absolute atomic E-state index is 0.0249. The standard InChI is InChI=1S/C25H36N2O2/c1-10-18(23(28)29)15-26-17(4)27(16(2)3)22-14-19(24(5,6)7)13-21-20(22)11-12-25(21,8)9/h10,13-16H,4,11-12H2,1-3,5-9H3,(H,28,29)/b18-10+,26-15-. The summed E-state index contributed by atoms with van der Waals surface area (Å²) in [6, 6.07) is 4.79. The lowest BCUT2D eigenvalue weighted by Crippen LogP contribution is -2.31. The van der Waals surface area contributed by atoms with Crippen LogP contribution >= 0.6 is 0 Å². The van der Waals surface area contributed by atoms with E-state index in [1.807, 2.05) is 0 Å². The molecule has 0 radical (unpaired) electrons. The maximum atomic E-state index is 11.3. The molecule has 0 aliphatic heterocycles. The van der Waals surface area contributed by atoms with Gasteiger partial charge in [0.15, 0.2) is 0 Å². The van der Waals surface area contributed by atoms with Crippen molar-refractivity contribution in [2.24, 2.45) is 4.99 Å². The van der Waals surface area contributed by atoms with Crippen molar-refractivity contribution in [1.29, 1.82) is 0 Å². The average Bonchev–Trinajstić information content (AvgIpc) is 2.89. The van der Waals surface area contributed by atoms with Crippen LogP contribution in [0.5, 0.6) is 0 Å². The largest absolute Gasteiger partial charge is 0.478 e. The number of aliphatic imine (C=N–C) groups is 1. The molecule has 1 aliphatic rings. The topological polar surface area (TPSA) is 52.9 Å². The van der Waals surface area contributed by atoms with Crippen molar-refractivity contribution < 1.29 is 9.90 Å².